The Bertz CT molecular complexity index is 488. The quantitative estimate of drug-likeness (QED) is 0.882. The van der Waals surface area contributed by atoms with Crippen LogP contribution in [-0.4, -0.2) is 11.8 Å². The lowest BCUT2D eigenvalue weighted by atomic mass is 9.84. The van der Waals surface area contributed by atoms with Gasteiger partial charge in [-0.3, -0.25) is 0 Å². The van der Waals surface area contributed by atoms with Gasteiger partial charge in [0.1, 0.15) is 6.73 Å². The summed E-state index contributed by atoms with van der Waals surface area (Å²) in [5, 5.41) is 18.7. The van der Waals surface area contributed by atoms with E-state index < -0.39 is 0 Å². The summed E-state index contributed by atoms with van der Waals surface area (Å²) in [6.07, 6.45) is 5.01. The molecule has 1 atom stereocenters. The van der Waals surface area contributed by atoms with Crippen LogP contribution >= 0.6 is 0 Å². The molecule has 0 amide bonds. The molecule has 0 spiro atoms. The summed E-state index contributed by atoms with van der Waals surface area (Å²) < 4.78 is 0. The highest BCUT2D eigenvalue weighted by atomic mass is 16.3. The van der Waals surface area contributed by atoms with Gasteiger partial charge in [0, 0.05) is 17.8 Å². The van der Waals surface area contributed by atoms with E-state index >= 15 is 0 Å². The minimum Gasteiger partial charge on any atom is -0.376 e. The molecule has 3 heteroatoms. The van der Waals surface area contributed by atoms with Crippen LogP contribution in [0.1, 0.15) is 37.7 Å². The van der Waals surface area contributed by atoms with Crippen molar-refractivity contribution in [1.82, 2.24) is 0 Å². The minimum atomic E-state index is -0.0946. The zero-order valence-corrected chi connectivity index (χ0v) is 10.6. The molecule has 0 radical (unpaired) electrons. The number of aliphatic hydroxyl groups is 1. The Labute approximate surface area is 108 Å². The summed E-state index contributed by atoms with van der Waals surface area (Å²) in [7, 11) is 0. The van der Waals surface area contributed by atoms with Gasteiger partial charge in [-0.05, 0) is 18.1 Å². The number of anilines is 1. The molecule has 2 rings (SSSR count). The molecule has 1 aromatic carbocycles. The van der Waals surface area contributed by atoms with Crippen LogP contribution in [0.3, 0.4) is 0 Å². The van der Waals surface area contributed by atoms with Crippen molar-refractivity contribution in [3.63, 3.8) is 0 Å². The third-order valence-electron chi connectivity index (χ3n) is 3.42. The summed E-state index contributed by atoms with van der Waals surface area (Å²) >= 11 is 0. The van der Waals surface area contributed by atoms with Gasteiger partial charge < -0.3 is 10.0 Å². The fourth-order valence-corrected chi connectivity index (χ4v) is 2.48. The zero-order chi connectivity index (χ0) is 13.0. The molecule has 0 fully saturated rings. The summed E-state index contributed by atoms with van der Waals surface area (Å²) in [5.41, 5.74) is 2.91. The van der Waals surface area contributed by atoms with Crippen LogP contribution in [0.25, 0.3) is 0 Å². The van der Waals surface area contributed by atoms with Crippen molar-refractivity contribution in [2.45, 2.75) is 32.1 Å². The Morgan fingerprint density at radius 3 is 2.83 bits per heavy atom. The molecule has 94 valence electrons. The molecule has 0 aliphatic carbocycles. The third kappa shape index (κ3) is 2.25. The average Bonchev–Trinajstić information content (AvgIpc) is 2.44. The van der Waals surface area contributed by atoms with Gasteiger partial charge in [0.25, 0.3) is 0 Å². The van der Waals surface area contributed by atoms with Gasteiger partial charge in [-0.15, -0.1) is 0 Å². The first-order valence-electron chi connectivity index (χ1n) is 6.40. The Hall–Kier alpha value is -1.79. The number of nitriles is 1. The van der Waals surface area contributed by atoms with E-state index in [2.05, 4.69) is 19.1 Å². The molecule has 1 N–H and O–H groups in total. The fraction of sp³-hybridized carbons (Fsp3) is 0.400. The highest BCUT2D eigenvalue weighted by Gasteiger charge is 2.26. The number of fused-ring (bicyclic) bond motifs is 1. The predicted molar refractivity (Wildman–Crippen MR) is 72.0 cm³/mol. The van der Waals surface area contributed by atoms with Crippen molar-refractivity contribution in [1.29, 1.82) is 5.26 Å². The van der Waals surface area contributed by atoms with Crippen LogP contribution < -0.4 is 4.90 Å². The number of unbranched alkanes of at least 4 members (excludes halogenated alkanes) is 1. The maximum Gasteiger partial charge on any atom is 0.119 e. The van der Waals surface area contributed by atoms with Gasteiger partial charge in [0.05, 0.1) is 11.6 Å². The maximum absolute atomic E-state index is 9.39. The van der Waals surface area contributed by atoms with E-state index in [1.807, 2.05) is 18.2 Å². The molecular weight excluding hydrogens is 224 g/mol. The lowest BCUT2D eigenvalue weighted by Crippen LogP contribution is -2.25. The first-order chi connectivity index (χ1) is 8.81. The van der Waals surface area contributed by atoms with Crippen molar-refractivity contribution in [3.05, 3.63) is 41.6 Å². The Morgan fingerprint density at radius 1 is 1.39 bits per heavy atom. The van der Waals surface area contributed by atoms with Crippen LogP contribution in [0.5, 0.6) is 0 Å². The maximum atomic E-state index is 9.39. The average molecular weight is 242 g/mol. The number of rotatable bonds is 4. The first-order valence-corrected chi connectivity index (χ1v) is 6.40. The molecule has 1 aromatic rings. The van der Waals surface area contributed by atoms with Crippen molar-refractivity contribution < 1.29 is 5.11 Å². The van der Waals surface area contributed by atoms with E-state index in [0.29, 0.717) is 0 Å². The summed E-state index contributed by atoms with van der Waals surface area (Å²) in [6, 6.07) is 10.3. The van der Waals surface area contributed by atoms with Crippen LogP contribution in [-0.2, 0) is 0 Å². The Morgan fingerprint density at radius 2 is 2.17 bits per heavy atom. The normalized spacial score (nSPS) is 17.9. The summed E-state index contributed by atoms with van der Waals surface area (Å²) in [6.45, 7) is 2.06. The number of allylic oxidation sites excluding steroid dienone is 1. The molecule has 1 heterocycles. The topological polar surface area (TPSA) is 47.3 Å². The van der Waals surface area contributed by atoms with Gasteiger partial charge in [0.15, 0.2) is 0 Å². The molecule has 3 nitrogen and oxygen atoms in total. The molecule has 0 aromatic heterocycles. The number of hydrogen-bond donors (Lipinski definition) is 1. The van der Waals surface area contributed by atoms with Crippen LogP contribution in [0.2, 0.25) is 0 Å². The number of nitrogens with zero attached hydrogens (tertiary/aromatic N) is 2. The molecule has 1 unspecified atom stereocenters. The first kappa shape index (κ1) is 12.7. The van der Waals surface area contributed by atoms with Crippen LogP contribution in [0.15, 0.2) is 36.0 Å². The molecule has 0 bridgehead atoms. The van der Waals surface area contributed by atoms with E-state index in [4.69, 9.17) is 0 Å². The second-order valence-corrected chi connectivity index (χ2v) is 4.56. The van der Waals surface area contributed by atoms with Crippen molar-refractivity contribution in [2.75, 3.05) is 11.6 Å². The van der Waals surface area contributed by atoms with E-state index in [-0.39, 0.29) is 12.6 Å². The molecular formula is C15H18N2O. The van der Waals surface area contributed by atoms with E-state index in [9.17, 15) is 10.4 Å². The second-order valence-electron chi connectivity index (χ2n) is 4.56. The SMILES string of the molecule is CCCCC1C(C#N)=CN(CO)c2ccccc21. The van der Waals surface area contributed by atoms with Gasteiger partial charge >= 0.3 is 0 Å². The molecule has 0 saturated carbocycles. The highest BCUT2D eigenvalue weighted by molar-refractivity contribution is 5.64. The standard InChI is InChI=1S/C15H18N2O/c1-2-3-6-13-12(9-16)10-17(11-18)15-8-5-4-7-14(13)15/h4-5,7-8,10,13,18H,2-3,6,11H2,1H3. The van der Waals surface area contributed by atoms with E-state index in [1.165, 1.54) is 0 Å². The highest BCUT2D eigenvalue weighted by Crippen LogP contribution is 2.39. The lowest BCUT2D eigenvalue weighted by Gasteiger charge is -2.31. The van der Waals surface area contributed by atoms with Crippen LogP contribution in [0.4, 0.5) is 5.69 Å². The smallest absolute Gasteiger partial charge is 0.119 e. The predicted octanol–water partition coefficient (Wildman–Crippen LogP) is 3.14. The molecule has 0 saturated heterocycles. The molecule has 1 aliphatic heterocycles. The summed E-state index contributed by atoms with van der Waals surface area (Å²) in [4.78, 5) is 1.73. The minimum absolute atomic E-state index is 0.0946. The third-order valence-corrected chi connectivity index (χ3v) is 3.42. The molecule has 1 aliphatic rings. The van der Waals surface area contributed by atoms with Crippen molar-refractivity contribution >= 4 is 5.69 Å². The second kappa shape index (κ2) is 5.70. The largest absolute Gasteiger partial charge is 0.376 e. The van der Waals surface area contributed by atoms with Crippen molar-refractivity contribution in [3.8, 4) is 6.07 Å². The van der Waals surface area contributed by atoms with Crippen molar-refractivity contribution in [2.24, 2.45) is 0 Å². The van der Waals surface area contributed by atoms with E-state index in [1.54, 1.807) is 11.1 Å². The van der Waals surface area contributed by atoms with Gasteiger partial charge in [-0.2, -0.15) is 5.26 Å². The molecule has 18 heavy (non-hydrogen) atoms. The zero-order valence-electron chi connectivity index (χ0n) is 10.6. The Kier molecular flexibility index (Phi) is 4.01. The monoisotopic (exact) mass is 242 g/mol. The fourth-order valence-electron chi connectivity index (χ4n) is 2.48. The van der Waals surface area contributed by atoms with Gasteiger partial charge in [-0.1, -0.05) is 38.0 Å². The van der Waals surface area contributed by atoms with Gasteiger partial charge in [-0.25, -0.2) is 0 Å². The number of aliphatic hydroxyl groups excluding tert-OH is 1. The lowest BCUT2D eigenvalue weighted by molar-refractivity contribution is 0.302. The summed E-state index contributed by atoms with van der Waals surface area (Å²) in [5.74, 6) is 0.175. The van der Waals surface area contributed by atoms with E-state index in [0.717, 1.165) is 36.1 Å². The van der Waals surface area contributed by atoms with Crippen LogP contribution in [0, 0.1) is 11.3 Å². The number of para-hydroxylation sites is 1. The van der Waals surface area contributed by atoms with Gasteiger partial charge in [0.2, 0.25) is 0 Å². The number of benzene rings is 1. The Balaban J connectivity index is 2.41. The number of hydrogen-bond acceptors (Lipinski definition) is 3.